The van der Waals surface area contributed by atoms with Crippen LogP contribution < -0.4 is 10.6 Å². The van der Waals surface area contributed by atoms with Crippen molar-refractivity contribution in [3.05, 3.63) is 11.1 Å². The number of carbonyl (C=O) groups is 1. The van der Waals surface area contributed by atoms with Crippen LogP contribution in [0, 0.1) is 0 Å². The highest BCUT2D eigenvalue weighted by molar-refractivity contribution is 7.17. The van der Waals surface area contributed by atoms with E-state index in [9.17, 15) is 4.79 Å². The molecule has 0 radical (unpaired) electrons. The summed E-state index contributed by atoms with van der Waals surface area (Å²) in [5.41, 5.74) is 0. The maximum Gasteiger partial charge on any atom is 0.263 e. The standard InChI is InChI=1S/C7H11N3OS/c1-3-9-6(11)5-4-10-7(8-2)12-5/h4H,3H2,1-2H3,(H,8,10)(H,9,11). The molecule has 0 atom stereocenters. The summed E-state index contributed by atoms with van der Waals surface area (Å²) in [5.74, 6) is -0.0588. The van der Waals surface area contributed by atoms with E-state index < -0.39 is 0 Å². The number of hydrogen-bond acceptors (Lipinski definition) is 4. The number of rotatable bonds is 3. The van der Waals surface area contributed by atoms with E-state index in [0.717, 1.165) is 5.13 Å². The first-order valence-corrected chi connectivity index (χ1v) is 4.51. The van der Waals surface area contributed by atoms with Crippen LogP contribution in [-0.2, 0) is 0 Å². The van der Waals surface area contributed by atoms with Crippen LogP contribution in [0.15, 0.2) is 6.20 Å². The zero-order chi connectivity index (χ0) is 8.97. The zero-order valence-electron chi connectivity index (χ0n) is 7.05. The van der Waals surface area contributed by atoms with E-state index in [0.29, 0.717) is 11.4 Å². The fourth-order valence-corrected chi connectivity index (χ4v) is 1.43. The molecule has 0 aliphatic heterocycles. The molecule has 0 unspecified atom stereocenters. The first-order chi connectivity index (χ1) is 5.77. The Balaban J connectivity index is 2.68. The van der Waals surface area contributed by atoms with E-state index in [4.69, 9.17) is 0 Å². The third kappa shape index (κ3) is 1.94. The maximum absolute atomic E-state index is 11.2. The van der Waals surface area contributed by atoms with Crippen molar-refractivity contribution >= 4 is 22.4 Å². The molecular formula is C7H11N3OS. The number of carbonyl (C=O) groups excluding carboxylic acids is 1. The predicted octanol–water partition coefficient (Wildman–Crippen LogP) is 0.934. The maximum atomic E-state index is 11.2. The minimum Gasteiger partial charge on any atom is -0.365 e. The first-order valence-electron chi connectivity index (χ1n) is 3.69. The molecule has 1 rings (SSSR count). The molecule has 0 spiro atoms. The van der Waals surface area contributed by atoms with Gasteiger partial charge in [0.25, 0.3) is 5.91 Å². The molecule has 0 bridgehead atoms. The number of nitrogens with zero attached hydrogens (tertiary/aromatic N) is 1. The van der Waals surface area contributed by atoms with Gasteiger partial charge in [0.05, 0.1) is 6.20 Å². The van der Waals surface area contributed by atoms with Gasteiger partial charge in [-0.2, -0.15) is 0 Å². The van der Waals surface area contributed by atoms with Crippen LogP contribution in [0.25, 0.3) is 0 Å². The minimum absolute atomic E-state index is 0.0588. The molecule has 4 nitrogen and oxygen atoms in total. The number of thiazole rings is 1. The Morgan fingerprint density at radius 2 is 2.50 bits per heavy atom. The molecule has 1 aromatic heterocycles. The molecule has 66 valence electrons. The van der Waals surface area contributed by atoms with Gasteiger partial charge in [0.2, 0.25) is 0 Å². The molecule has 2 N–H and O–H groups in total. The number of aromatic nitrogens is 1. The molecule has 0 fully saturated rings. The third-order valence-corrected chi connectivity index (χ3v) is 2.29. The highest BCUT2D eigenvalue weighted by Gasteiger charge is 2.07. The molecule has 1 heterocycles. The summed E-state index contributed by atoms with van der Waals surface area (Å²) < 4.78 is 0. The Hall–Kier alpha value is -1.10. The van der Waals surface area contributed by atoms with Gasteiger partial charge in [-0.15, -0.1) is 0 Å². The van der Waals surface area contributed by atoms with Gasteiger partial charge in [0.15, 0.2) is 5.13 Å². The molecule has 0 saturated carbocycles. The van der Waals surface area contributed by atoms with Crippen molar-refractivity contribution < 1.29 is 4.79 Å². The Kier molecular flexibility index (Phi) is 3.04. The highest BCUT2D eigenvalue weighted by atomic mass is 32.1. The summed E-state index contributed by atoms with van der Waals surface area (Å²) in [7, 11) is 1.78. The van der Waals surface area contributed by atoms with Crippen molar-refractivity contribution in [3.8, 4) is 0 Å². The second-order valence-corrected chi connectivity index (χ2v) is 3.17. The smallest absolute Gasteiger partial charge is 0.263 e. The third-order valence-electron chi connectivity index (χ3n) is 1.28. The van der Waals surface area contributed by atoms with Gasteiger partial charge >= 0.3 is 0 Å². The Morgan fingerprint density at radius 1 is 1.75 bits per heavy atom. The van der Waals surface area contributed by atoms with E-state index in [2.05, 4.69) is 15.6 Å². The fourth-order valence-electron chi connectivity index (χ4n) is 0.742. The van der Waals surface area contributed by atoms with Crippen LogP contribution in [-0.4, -0.2) is 24.5 Å². The molecule has 5 heteroatoms. The average Bonchev–Trinajstić information content (AvgIpc) is 2.52. The number of anilines is 1. The first kappa shape index (κ1) is 8.99. The quantitative estimate of drug-likeness (QED) is 0.736. The van der Waals surface area contributed by atoms with Crippen molar-refractivity contribution in [2.75, 3.05) is 18.9 Å². The average molecular weight is 185 g/mol. The van der Waals surface area contributed by atoms with Crippen LogP contribution in [0.1, 0.15) is 16.6 Å². The molecular weight excluding hydrogens is 174 g/mol. The number of hydrogen-bond donors (Lipinski definition) is 2. The van der Waals surface area contributed by atoms with Gasteiger partial charge in [-0.3, -0.25) is 4.79 Å². The van der Waals surface area contributed by atoms with Crippen LogP contribution in [0.4, 0.5) is 5.13 Å². The van der Waals surface area contributed by atoms with Crippen molar-refractivity contribution in [2.24, 2.45) is 0 Å². The summed E-state index contributed by atoms with van der Waals surface area (Å²) >= 11 is 1.35. The SMILES string of the molecule is CCNC(=O)c1cnc(NC)s1. The fraction of sp³-hybridized carbons (Fsp3) is 0.429. The Bertz CT molecular complexity index is 271. The van der Waals surface area contributed by atoms with Gasteiger partial charge in [0, 0.05) is 13.6 Å². The van der Waals surface area contributed by atoms with E-state index >= 15 is 0 Å². The van der Waals surface area contributed by atoms with Gasteiger partial charge in [0.1, 0.15) is 4.88 Å². The second-order valence-electron chi connectivity index (χ2n) is 2.14. The van der Waals surface area contributed by atoms with E-state index in [1.165, 1.54) is 11.3 Å². The van der Waals surface area contributed by atoms with Crippen molar-refractivity contribution in [2.45, 2.75) is 6.92 Å². The molecule has 0 saturated heterocycles. The van der Waals surface area contributed by atoms with E-state index in [1.54, 1.807) is 13.2 Å². The minimum atomic E-state index is -0.0588. The normalized spacial score (nSPS) is 9.50. The largest absolute Gasteiger partial charge is 0.365 e. The van der Waals surface area contributed by atoms with Gasteiger partial charge < -0.3 is 10.6 Å². The number of amides is 1. The summed E-state index contributed by atoms with van der Waals surface area (Å²) in [6.07, 6.45) is 1.57. The molecule has 12 heavy (non-hydrogen) atoms. The lowest BCUT2D eigenvalue weighted by Gasteiger charge is -1.95. The lowest BCUT2D eigenvalue weighted by molar-refractivity contribution is 0.0959. The predicted molar refractivity (Wildman–Crippen MR) is 49.7 cm³/mol. The highest BCUT2D eigenvalue weighted by Crippen LogP contribution is 2.16. The number of nitrogens with one attached hydrogen (secondary N) is 2. The Morgan fingerprint density at radius 3 is 3.00 bits per heavy atom. The van der Waals surface area contributed by atoms with Crippen molar-refractivity contribution in [1.82, 2.24) is 10.3 Å². The zero-order valence-corrected chi connectivity index (χ0v) is 7.86. The van der Waals surface area contributed by atoms with Gasteiger partial charge in [-0.05, 0) is 6.92 Å². The summed E-state index contributed by atoms with van der Waals surface area (Å²) in [4.78, 5) is 15.8. The van der Waals surface area contributed by atoms with Crippen molar-refractivity contribution in [3.63, 3.8) is 0 Å². The van der Waals surface area contributed by atoms with E-state index in [1.807, 2.05) is 6.92 Å². The summed E-state index contributed by atoms with van der Waals surface area (Å²) in [6, 6.07) is 0. The van der Waals surface area contributed by atoms with Gasteiger partial charge in [-0.1, -0.05) is 11.3 Å². The van der Waals surface area contributed by atoms with Crippen LogP contribution >= 0.6 is 11.3 Å². The monoisotopic (exact) mass is 185 g/mol. The van der Waals surface area contributed by atoms with Crippen LogP contribution in [0.2, 0.25) is 0 Å². The van der Waals surface area contributed by atoms with Gasteiger partial charge in [-0.25, -0.2) is 4.98 Å². The Labute approximate surface area is 75.0 Å². The van der Waals surface area contributed by atoms with Crippen LogP contribution in [0.5, 0.6) is 0 Å². The van der Waals surface area contributed by atoms with Crippen LogP contribution in [0.3, 0.4) is 0 Å². The van der Waals surface area contributed by atoms with Crippen molar-refractivity contribution in [1.29, 1.82) is 0 Å². The summed E-state index contributed by atoms with van der Waals surface area (Å²) in [6.45, 7) is 2.53. The molecule has 0 aliphatic rings. The second kappa shape index (κ2) is 4.06. The lowest BCUT2D eigenvalue weighted by atomic mass is 10.5. The van der Waals surface area contributed by atoms with E-state index in [-0.39, 0.29) is 5.91 Å². The summed E-state index contributed by atoms with van der Waals surface area (Å²) in [5, 5.41) is 6.34. The lowest BCUT2D eigenvalue weighted by Crippen LogP contribution is -2.21. The molecule has 1 amide bonds. The molecule has 0 aromatic carbocycles. The topological polar surface area (TPSA) is 54.0 Å². The molecule has 1 aromatic rings. The molecule has 0 aliphatic carbocycles.